The lowest BCUT2D eigenvalue weighted by Gasteiger charge is -2.09. The zero-order valence-corrected chi connectivity index (χ0v) is 13.0. The molecule has 0 amide bonds. The number of aromatic nitrogens is 1. The summed E-state index contributed by atoms with van der Waals surface area (Å²) in [6.45, 7) is 2.01. The first-order valence-electron chi connectivity index (χ1n) is 6.60. The van der Waals surface area contributed by atoms with Crippen LogP contribution in [0.25, 0.3) is 20.3 Å². The number of nitrogens with two attached hydrogens (primary N) is 1. The van der Waals surface area contributed by atoms with E-state index in [0.29, 0.717) is 0 Å². The summed E-state index contributed by atoms with van der Waals surface area (Å²) in [6, 6.07) is 12.5. The van der Waals surface area contributed by atoms with Crippen molar-refractivity contribution in [1.29, 1.82) is 0 Å². The molecule has 0 saturated heterocycles. The van der Waals surface area contributed by atoms with E-state index < -0.39 is 0 Å². The lowest BCUT2D eigenvalue weighted by Crippen LogP contribution is -1.96. The van der Waals surface area contributed by atoms with Crippen molar-refractivity contribution >= 4 is 60.0 Å². The molecule has 0 aliphatic rings. The quantitative estimate of drug-likeness (QED) is 0.504. The van der Waals surface area contributed by atoms with Crippen LogP contribution in [-0.4, -0.2) is 4.98 Å². The largest absolute Gasteiger partial charge is 0.397 e. The maximum absolute atomic E-state index is 6.15. The van der Waals surface area contributed by atoms with Crippen molar-refractivity contribution < 1.29 is 0 Å². The minimum Gasteiger partial charge on any atom is -0.397 e. The number of thiazole rings is 1. The van der Waals surface area contributed by atoms with Crippen molar-refractivity contribution in [3.05, 3.63) is 46.8 Å². The molecular formula is C16H13N3S2. The van der Waals surface area contributed by atoms with Crippen molar-refractivity contribution in [2.24, 2.45) is 0 Å². The van der Waals surface area contributed by atoms with Crippen molar-refractivity contribution in [1.82, 2.24) is 4.98 Å². The molecule has 104 valence electrons. The molecule has 2 aromatic carbocycles. The van der Waals surface area contributed by atoms with Crippen LogP contribution in [0.2, 0.25) is 0 Å². The van der Waals surface area contributed by atoms with Crippen LogP contribution in [0.3, 0.4) is 0 Å². The van der Waals surface area contributed by atoms with Crippen LogP contribution in [-0.2, 0) is 0 Å². The number of anilines is 3. The van der Waals surface area contributed by atoms with E-state index in [2.05, 4.69) is 39.9 Å². The minimum absolute atomic E-state index is 0.747. The van der Waals surface area contributed by atoms with Crippen LogP contribution in [0.1, 0.15) is 5.01 Å². The molecule has 0 saturated carbocycles. The Kier molecular flexibility index (Phi) is 2.83. The van der Waals surface area contributed by atoms with Crippen molar-refractivity contribution in [3.8, 4) is 0 Å². The smallest absolute Gasteiger partial charge is 0.0907 e. The average molecular weight is 311 g/mol. The SMILES string of the molecule is Cc1nc2cc(Nc3ccc4sccc4c3)c(N)cc2s1. The number of hydrogen-bond donors (Lipinski definition) is 2. The number of thiophene rings is 1. The third-order valence-corrected chi connectivity index (χ3v) is 5.23. The van der Waals surface area contributed by atoms with E-state index in [4.69, 9.17) is 5.73 Å². The van der Waals surface area contributed by atoms with Crippen molar-refractivity contribution in [2.75, 3.05) is 11.1 Å². The number of nitrogens with one attached hydrogen (secondary N) is 1. The van der Waals surface area contributed by atoms with Gasteiger partial charge in [-0.05, 0) is 54.1 Å². The predicted molar refractivity (Wildman–Crippen MR) is 93.9 cm³/mol. The molecule has 2 aromatic heterocycles. The average Bonchev–Trinajstić information content (AvgIpc) is 3.04. The van der Waals surface area contributed by atoms with Crippen LogP contribution in [0, 0.1) is 6.92 Å². The molecule has 0 fully saturated rings. The monoisotopic (exact) mass is 311 g/mol. The summed E-state index contributed by atoms with van der Waals surface area (Å²) in [5.41, 5.74) is 9.84. The molecule has 21 heavy (non-hydrogen) atoms. The molecule has 5 heteroatoms. The van der Waals surface area contributed by atoms with E-state index in [1.54, 1.807) is 22.7 Å². The Morgan fingerprint density at radius 1 is 1.10 bits per heavy atom. The van der Waals surface area contributed by atoms with Crippen LogP contribution < -0.4 is 11.1 Å². The number of fused-ring (bicyclic) bond motifs is 2. The summed E-state index contributed by atoms with van der Waals surface area (Å²) < 4.78 is 2.42. The Morgan fingerprint density at radius 3 is 2.90 bits per heavy atom. The van der Waals surface area contributed by atoms with Crippen LogP contribution >= 0.6 is 22.7 Å². The maximum atomic E-state index is 6.15. The summed E-state index contributed by atoms with van der Waals surface area (Å²) in [4.78, 5) is 4.52. The highest BCUT2D eigenvalue weighted by molar-refractivity contribution is 7.18. The van der Waals surface area contributed by atoms with E-state index in [1.165, 1.54) is 10.1 Å². The third kappa shape index (κ3) is 2.24. The zero-order chi connectivity index (χ0) is 14.4. The number of aryl methyl sites for hydroxylation is 1. The lowest BCUT2D eigenvalue weighted by atomic mass is 10.2. The first-order valence-corrected chi connectivity index (χ1v) is 8.29. The molecule has 0 aliphatic carbocycles. The Morgan fingerprint density at radius 2 is 2.00 bits per heavy atom. The molecular weight excluding hydrogens is 298 g/mol. The molecule has 0 unspecified atom stereocenters. The van der Waals surface area contributed by atoms with Gasteiger partial charge in [0.05, 0.1) is 26.6 Å². The molecule has 0 radical (unpaired) electrons. The molecule has 3 nitrogen and oxygen atoms in total. The Bertz CT molecular complexity index is 953. The minimum atomic E-state index is 0.747. The van der Waals surface area contributed by atoms with Gasteiger partial charge in [0, 0.05) is 10.4 Å². The highest BCUT2D eigenvalue weighted by Crippen LogP contribution is 2.32. The molecule has 4 rings (SSSR count). The first-order chi connectivity index (χ1) is 10.2. The van der Waals surface area contributed by atoms with Crippen molar-refractivity contribution in [3.63, 3.8) is 0 Å². The fraction of sp³-hybridized carbons (Fsp3) is 0.0625. The van der Waals surface area contributed by atoms with Gasteiger partial charge in [0.25, 0.3) is 0 Å². The van der Waals surface area contributed by atoms with E-state index in [0.717, 1.165) is 32.3 Å². The highest BCUT2D eigenvalue weighted by Gasteiger charge is 2.07. The third-order valence-electron chi connectivity index (χ3n) is 3.40. The zero-order valence-electron chi connectivity index (χ0n) is 11.4. The van der Waals surface area contributed by atoms with E-state index in [-0.39, 0.29) is 0 Å². The fourth-order valence-corrected chi connectivity index (χ4v) is 4.04. The van der Waals surface area contributed by atoms with Gasteiger partial charge < -0.3 is 11.1 Å². The van der Waals surface area contributed by atoms with Gasteiger partial charge in [0.2, 0.25) is 0 Å². The summed E-state index contributed by atoms with van der Waals surface area (Å²) in [5, 5.41) is 7.81. The van der Waals surface area contributed by atoms with Gasteiger partial charge in [0.1, 0.15) is 0 Å². The van der Waals surface area contributed by atoms with Gasteiger partial charge in [-0.25, -0.2) is 4.98 Å². The fourth-order valence-electron chi connectivity index (χ4n) is 2.41. The van der Waals surface area contributed by atoms with E-state index >= 15 is 0 Å². The Hall–Kier alpha value is -2.11. The molecule has 0 aliphatic heterocycles. The first kappa shape index (κ1) is 12.6. The van der Waals surface area contributed by atoms with Gasteiger partial charge in [-0.1, -0.05) is 0 Å². The number of rotatable bonds is 2. The van der Waals surface area contributed by atoms with Gasteiger partial charge >= 0.3 is 0 Å². The second kappa shape index (κ2) is 4.72. The lowest BCUT2D eigenvalue weighted by molar-refractivity contribution is 1.35. The van der Waals surface area contributed by atoms with Gasteiger partial charge in [-0.15, -0.1) is 22.7 Å². The molecule has 0 spiro atoms. The number of nitrogen functional groups attached to an aromatic ring is 1. The maximum Gasteiger partial charge on any atom is 0.0907 e. The molecule has 3 N–H and O–H groups in total. The van der Waals surface area contributed by atoms with E-state index in [9.17, 15) is 0 Å². The molecule has 0 bridgehead atoms. The molecule has 2 heterocycles. The Balaban J connectivity index is 1.76. The number of nitrogens with zero attached hydrogens (tertiary/aromatic N) is 1. The normalized spacial score (nSPS) is 11.3. The Labute approximate surface area is 130 Å². The van der Waals surface area contributed by atoms with Gasteiger partial charge in [0.15, 0.2) is 0 Å². The molecule has 4 aromatic rings. The van der Waals surface area contributed by atoms with Crippen LogP contribution in [0.5, 0.6) is 0 Å². The standard InChI is InChI=1S/C16H13N3S2/c1-9-18-14-8-13(12(17)7-16(14)21-9)19-11-2-3-15-10(6-11)4-5-20-15/h2-8,19H,17H2,1H3. The summed E-state index contributed by atoms with van der Waals surface area (Å²) >= 11 is 3.42. The van der Waals surface area contributed by atoms with Gasteiger partial charge in [-0.2, -0.15) is 0 Å². The highest BCUT2D eigenvalue weighted by atomic mass is 32.1. The van der Waals surface area contributed by atoms with Crippen molar-refractivity contribution in [2.45, 2.75) is 6.92 Å². The summed E-state index contributed by atoms with van der Waals surface area (Å²) in [7, 11) is 0. The van der Waals surface area contributed by atoms with E-state index in [1.807, 2.05) is 19.1 Å². The number of hydrogen-bond acceptors (Lipinski definition) is 5. The number of benzene rings is 2. The topological polar surface area (TPSA) is 50.9 Å². The van der Waals surface area contributed by atoms with Gasteiger partial charge in [-0.3, -0.25) is 0 Å². The summed E-state index contributed by atoms with van der Waals surface area (Å²) in [5.74, 6) is 0. The molecule has 0 atom stereocenters. The predicted octanol–water partition coefficient (Wildman–Crippen LogP) is 5.15. The van der Waals surface area contributed by atoms with Crippen LogP contribution in [0.4, 0.5) is 17.1 Å². The summed E-state index contributed by atoms with van der Waals surface area (Å²) in [6.07, 6.45) is 0. The van der Waals surface area contributed by atoms with Crippen LogP contribution in [0.15, 0.2) is 41.8 Å². The second-order valence-electron chi connectivity index (χ2n) is 4.94. The second-order valence-corrected chi connectivity index (χ2v) is 7.12.